The summed E-state index contributed by atoms with van der Waals surface area (Å²) >= 11 is 0. The average molecular weight is 456 g/mol. The first kappa shape index (κ1) is 23.1. The lowest BCUT2D eigenvalue weighted by molar-refractivity contribution is -0.152. The van der Waals surface area contributed by atoms with Crippen molar-refractivity contribution in [1.82, 2.24) is 4.90 Å². The largest absolute Gasteiger partial charge is 0.481 e. The minimum atomic E-state index is -1.08. The summed E-state index contributed by atoms with van der Waals surface area (Å²) in [6.07, 6.45) is 3.69. The molecule has 0 spiro atoms. The van der Waals surface area contributed by atoms with Gasteiger partial charge in [-0.3, -0.25) is 19.3 Å². The van der Waals surface area contributed by atoms with Crippen molar-refractivity contribution < 1.29 is 28.3 Å². The van der Waals surface area contributed by atoms with Gasteiger partial charge in [-0.05, 0) is 47.4 Å². The van der Waals surface area contributed by atoms with Crippen LogP contribution < -0.4 is 0 Å². The number of carbonyl (C=O) groups excluding carboxylic acids is 2. The second kappa shape index (κ2) is 8.04. The second-order valence-corrected chi connectivity index (χ2v) is 10.0. The summed E-state index contributed by atoms with van der Waals surface area (Å²) in [4.78, 5) is 38.8. The van der Waals surface area contributed by atoms with Gasteiger partial charge in [0.1, 0.15) is 17.0 Å². The van der Waals surface area contributed by atoms with Crippen molar-refractivity contribution in [1.29, 1.82) is 0 Å². The summed E-state index contributed by atoms with van der Waals surface area (Å²) in [6.45, 7) is 5.66. The molecule has 33 heavy (non-hydrogen) atoms. The van der Waals surface area contributed by atoms with E-state index in [1.165, 1.54) is 0 Å². The van der Waals surface area contributed by atoms with Gasteiger partial charge < -0.3 is 5.11 Å². The molecule has 2 amide bonds. The fourth-order valence-corrected chi connectivity index (χ4v) is 5.79. The van der Waals surface area contributed by atoms with Crippen molar-refractivity contribution >= 4 is 17.8 Å². The summed E-state index contributed by atoms with van der Waals surface area (Å²) in [5.41, 5.74) is -1.48. The monoisotopic (exact) mass is 455 g/mol. The van der Waals surface area contributed by atoms with Crippen LogP contribution in [0.2, 0.25) is 0 Å². The van der Waals surface area contributed by atoms with Gasteiger partial charge in [0.2, 0.25) is 0 Å². The molecule has 1 heterocycles. The van der Waals surface area contributed by atoms with Crippen LogP contribution in [-0.2, 0) is 16.8 Å². The fourth-order valence-electron chi connectivity index (χ4n) is 5.79. The zero-order chi connectivity index (χ0) is 24.1. The van der Waals surface area contributed by atoms with E-state index < -0.39 is 51.4 Å². The molecular weight excluding hydrogens is 428 g/mol. The molecule has 2 aromatic carbocycles. The van der Waals surface area contributed by atoms with Crippen LogP contribution >= 0.6 is 0 Å². The molecule has 0 aromatic heterocycles. The third-order valence-electron chi connectivity index (χ3n) is 7.26. The van der Waals surface area contributed by atoms with Crippen LogP contribution in [0.15, 0.2) is 36.4 Å². The van der Waals surface area contributed by atoms with Gasteiger partial charge in [0, 0.05) is 0 Å². The number of carboxylic acids is 1. The van der Waals surface area contributed by atoms with Crippen LogP contribution in [0.5, 0.6) is 0 Å². The summed E-state index contributed by atoms with van der Waals surface area (Å²) in [5, 5.41) is 10.4. The molecule has 7 heteroatoms. The van der Waals surface area contributed by atoms with Crippen molar-refractivity contribution in [3.8, 4) is 0 Å². The van der Waals surface area contributed by atoms with Crippen molar-refractivity contribution in [2.24, 2.45) is 11.3 Å². The van der Waals surface area contributed by atoms with E-state index in [4.69, 9.17) is 0 Å². The summed E-state index contributed by atoms with van der Waals surface area (Å²) < 4.78 is 28.2. The SMILES string of the molecule is CC(C)(C)C(C(=O)O)(c1ccc(CN2C(=O)c3c(F)ccc(F)c3C2=O)cc1)C1CCCC1. The number of hydrogen-bond acceptors (Lipinski definition) is 3. The molecule has 0 radical (unpaired) electrons. The first-order valence-corrected chi connectivity index (χ1v) is 11.2. The molecule has 2 aromatic rings. The Bertz CT molecular complexity index is 1090. The smallest absolute Gasteiger partial charge is 0.314 e. The Morgan fingerprint density at radius 2 is 1.42 bits per heavy atom. The molecule has 174 valence electrons. The van der Waals surface area contributed by atoms with E-state index in [2.05, 4.69) is 0 Å². The maximum absolute atomic E-state index is 14.1. The summed E-state index contributed by atoms with van der Waals surface area (Å²) in [5.74, 6) is -4.48. The van der Waals surface area contributed by atoms with E-state index in [-0.39, 0.29) is 12.5 Å². The van der Waals surface area contributed by atoms with Crippen LogP contribution in [0.25, 0.3) is 0 Å². The zero-order valence-corrected chi connectivity index (χ0v) is 19.0. The van der Waals surface area contributed by atoms with Gasteiger partial charge in [0.25, 0.3) is 11.8 Å². The quantitative estimate of drug-likeness (QED) is 0.620. The fraction of sp³-hybridized carbons (Fsp3) is 0.423. The molecular formula is C26H27F2NO4. The number of benzene rings is 2. The highest BCUT2D eigenvalue weighted by Gasteiger charge is 2.55. The predicted molar refractivity (Wildman–Crippen MR) is 118 cm³/mol. The van der Waals surface area contributed by atoms with Crippen molar-refractivity contribution in [3.05, 3.63) is 70.3 Å². The molecule has 1 N–H and O–H groups in total. The Kier molecular flexibility index (Phi) is 5.63. The van der Waals surface area contributed by atoms with Gasteiger partial charge in [0.05, 0.1) is 17.7 Å². The van der Waals surface area contributed by atoms with Crippen LogP contribution in [0.4, 0.5) is 8.78 Å². The molecule has 1 saturated carbocycles. The third kappa shape index (κ3) is 3.45. The van der Waals surface area contributed by atoms with Crippen molar-refractivity contribution in [2.75, 3.05) is 0 Å². The molecule has 1 fully saturated rings. The number of carboxylic acid groups (broad SMARTS) is 1. The van der Waals surface area contributed by atoms with E-state index >= 15 is 0 Å². The number of hydrogen-bond donors (Lipinski definition) is 1. The predicted octanol–water partition coefficient (Wildman–Crippen LogP) is 5.32. The standard InChI is InChI=1S/C26H27F2NO4/c1-25(2,3)26(24(32)33,16-6-4-5-7-16)17-10-8-15(9-11-17)14-29-22(30)20-18(27)12-13-19(28)21(20)23(29)31/h8-13,16H,4-7,14H2,1-3H3,(H,32,33). The van der Waals surface area contributed by atoms with Crippen LogP contribution in [-0.4, -0.2) is 27.8 Å². The topological polar surface area (TPSA) is 74.7 Å². The Labute approximate surface area is 191 Å². The number of amides is 2. The van der Waals surface area contributed by atoms with Gasteiger partial charge in [-0.15, -0.1) is 0 Å². The number of rotatable bonds is 5. The maximum Gasteiger partial charge on any atom is 0.314 e. The molecule has 1 unspecified atom stereocenters. The lowest BCUT2D eigenvalue weighted by atomic mass is 9.55. The van der Waals surface area contributed by atoms with Crippen molar-refractivity contribution in [2.45, 2.75) is 58.4 Å². The van der Waals surface area contributed by atoms with Crippen LogP contribution in [0.3, 0.4) is 0 Å². The van der Waals surface area contributed by atoms with Crippen LogP contribution in [0.1, 0.15) is 78.3 Å². The molecule has 0 bridgehead atoms. The minimum absolute atomic E-state index is 0.00281. The van der Waals surface area contributed by atoms with E-state index in [9.17, 15) is 28.3 Å². The molecule has 4 rings (SSSR count). The highest BCUT2D eigenvalue weighted by molar-refractivity contribution is 6.21. The number of nitrogens with zero attached hydrogens (tertiary/aromatic N) is 1. The van der Waals surface area contributed by atoms with E-state index in [1.54, 1.807) is 24.3 Å². The zero-order valence-electron chi connectivity index (χ0n) is 19.0. The van der Waals surface area contributed by atoms with Gasteiger partial charge in [-0.2, -0.15) is 0 Å². The van der Waals surface area contributed by atoms with Crippen LogP contribution in [0, 0.1) is 23.0 Å². The maximum atomic E-state index is 14.1. The summed E-state index contributed by atoms with van der Waals surface area (Å²) in [7, 11) is 0. The summed E-state index contributed by atoms with van der Waals surface area (Å²) in [6, 6.07) is 8.52. The number of halogens is 2. The Balaban J connectivity index is 1.67. The first-order chi connectivity index (χ1) is 15.5. The Morgan fingerprint density at radius 3 is 1.85 bits per heavy atom. The number of aliphatic carboxylic acids is 1. The van der Waals surface area contributed by atoms with E-state index in [0.717, 1.165) is 42.7 Å². The normalized spacial score (nSPS) is 18.5. The molecule has 1 atom stereocenters. The first-order valence-electron chi connectivity index (χ1n) is 11.2. The van der Waals surface area contributed by atoms with E-state index in [0.29, 0.717) is 11.1 Å². The second-order valence-electron chi connectivity index (χ2n) is 10.0. The van der Waals surface area contributed by atoms with Gasteiger partial charge in [-0.1, -0.05) is 57.9 Å². The molecule has 0 saturated heterocycles. The number of imide groups is 1. The van der Waals surface area contributed by atoms with Gasteiger partial charge in [0.15, 0.2) is 0 Å². The average Bonchev–Trinajstić information content (AvgIpc) is 3.35. The molecule has 1 aliphatic heterocycles. The lowest BCUT2D eigenvalue weighted by Gasteiger charge is -2.46. The van der Waals surface area contributed by atoms with E-state index in [1.807, 2.05) is 20.8 Å². The highest BCUT2D eigenvalue weighted by Crippen LogP contribution is 2.53. The molecule has 1 aliphatic carbocycles. The Morgan fingerprint density at radius 1 is 0.939 bits per heavy atom. The number of fused-ring (bicyclic) bond motifs is 1. The number of carbonyl (C=O) groups is 3. The van der Waals surface area contributed by atoms with Gasteiger partial charge in [-0.25, -0.2) is 8.78 Å². The highest BCUT2D eigenvalue weighted by atomic mass is 19.1. The molecule has 5 nitrogen and oxygen atoms in total. The van der Waals surface area contributed by atoms with Gasteiger partial charge >= 0.3 is 5.97 Å². The molecule has 2 aliphatic rings. The van der Waals surface area contributed by atoms with Crippen molar-refractivity contribution in [3.63, 3.8) is 0 Å². The lowest BCUT2D eigenvalue weighted by Crippen LogP contribution is -2.52. The minimum Gasteiger partial charge on any atom is -0.481 e. The third-order valence-corrected chi connectivity index (χ3v) is 7.26. The Hall–Kier alpha value is -3.09.